The summed E-state index contributed by atoms with van der Waals surface area (Å²) < 4.78 is 1.57. The third-order valence-corrected chi connectivity index (χ3v) is 5.60. The number of rotatable bonds is 5. The number of Topliss-reactive ketones (excluding diaryl/α,β-unsaturated/α-hetero) is 1. The zero-order chi connectivity index (χ0) is 18.1. The van der Waals surface area contributed by atoms with E-state index in [0.29, 0.717) is 5.16 Å². The van der Waals surface area contributed by atoms with Crippen LogP contribution >= 0.6 is 11.8 Å². The van der Waals surface area contributed by atoms with E-state index in [2.05, 4.69) is 21.6 Å². The molecule has 1 aliphatic carbocycles. The standard InChI is InChI=1S/C19H18N4O2S/c1-12(18(25)15-6-5-13-3-2-4-14(13)11-15)26-19-20-21-22-23(19)16-7-9-17(24)10-8-16/h5-12,24H,2-4H2,1H3/t12-/m0/s1. The topological polar surface area (TPSA) is 80.9 Å². The molecule has 0 spiro atoms. The molecule has 132 valence electrons. The van der Waals surface area contributed by atoms with Crippen LogP contribution in [0.4, 0.5) is 0 Å². The number of ketones is 1. The van der Waals surface area contributed by atoms with Crippen LogP contribution < -0.4 is 0 Å². The first kappa shape index (κ1) is 16.8. The van der Waals surface area contributed by atoms with Crippen molar-refractivity contribution in [1.82, 2.24) is 20.2 Å². The van der Waals surface area contributed by atoms with Gasteiger partial charge in [0.25, 0.3) is 0 Å². The Morgan fingerprint density at radius 2 is 1.92 bits per heavy atom. The molecule has 0 aliphatic heterocycles. The summed E-state index contributed by atoms with van der Waals surface area (Å²) in [4.78, 5) is 12.8. The summed E-state index contributed by atoms with van der Waals surface area (Å²) in [5.74, 6) is 0.251. The van der Waals surface area contributed by atoms with E-state index in [1.54, 1.807) is 28.9 Å². The minimum Gasteiger partial charge on any atom is -0.508 e. The third kappa shape index (κ3) is 3.22. The molecule has 1 N–H and O–H groups in total. The molecule has 1 aliphatic rings. The molecule has 0 amide bonds. The highest BCUT2D eigenvalue weighted by atomic mass is 32.2. The minimum atomic E-state index is -0.309. The van der Waals surface area contributed by atoms with Gasteiger partial charge in [0, 0.05) is 5.56 Å². The fourth-order valence-corrected chi connectivity index (χ4v) is 4.06. The van der Waals surface area contributed by atoms with Crippen molar-refractivity contribution in [1.29, 1.82) is 0 Å². The predicted octanol–water partition coefficient (Wildman–Crippen LogP) is 3.22. The molecule has 0 saturated carbocycles. The molecule has 3 aromatic rings. The van der Waals surface area contributed by atoms with E-state index in [9.17, 15) is 9.90 Å². The van der Waals surface area contributed by atoms with Gasteiger partial charge in [-0.05, 0) is 78.1 Å². The van der Waals surface area contributed by atoms with Gasteiger partial charge in [-0.2, -0.15) is 4.68 Å². The Hall–Kier alpha value is -2.67. The third-order valence-electron chi connectivity index (χ3n) is 4.57. The monoisotopic (exact) mass is 366 g/mol. The van der Waals surface area contributed by atoms with Crippen molar-refractivity contribution in [3.63, 3.8) is 0 Å². The van der Waals surface area contributed by atoms with Crippen LogP contribution in [0.3, 0.4) is 0 Å². The first-order valence-electron chi connectivity index (χ1n) is 8.52. The Bertz CT molecular complexity index is 952. The quantitative estimate of drug-likeness (QED) is 0.552. The summed E-state index contributed by atoms with van der Waals surface area (Å²) in [6.45, 7) is 1.87. The second kappa shape index (κ2) is 6.92. The smallest absolute Gasteiger partial charge is 0.214 e. The molecule has 6 nitrogen and oxygen atoms in total. The van der Waals surface area contributed by atoms with Gasteiger partial charge in [-0.3, -0.25) is 4.79 Å². The van der Waals surface area contributed by atoms with E-state index < -0.39 is 0 Å². The maximum absolute atomic E-state index is 12.8. The molecule has 26 heavy (non-hydrogen) atoms. The van der Waals surface area contributed by atoms with E-state index >= 15 is 0 Å². The lowest BCUT2D eigenvalue weighted by Crippen LogP contribution is -2.15. The van der Waals surface area contributed by atoms with Crippen molar-refractivity contribution in [2.24, 2.45) is 0 Å². The minimum absolute atomic E-state index is 0.0740. The van der Waals surface area contributed by atoms with Crippen molar-refractivity contribution in [2.45, 2.75) is 36.6 Å². The summed E-state index contributed by atoms with van der Waals surface area (Å²) in [5, 5.41) is 21.4. The van der Waals surface area contributed by atoms with Crippen LogP contribution in [0.5, 0.6) is 5.75 Å². The average molecular weight is 366 g/mol. The van der Waals surface area contributed by atoms with Gasteiger partial charge in [-0.1, -0.05) is 23.9 Å². The number of carbonyl (C=O) groups is 1. The summed E-state index contributed by atoms with van der Waals surface area (Å²) >= 11 is 1.33. The van der Waals surface area contributed by atoms with Crippen molar-refractivity contribution in [3.8, 4) is 11.4 Å². The van der Waals surface area contributed by atoms with E-state index in [4.69, 9.17) is 0 Å². The van der Waals surface area contributed by atoms with Crippen molar-refractivity contribution in [2.75, 3.05) is 0 Å². The maximum atomic E-state index is 12.8. The van der Waals surface area contributed by atoms with Gasteiger partial charge in [-0.15, -0.1) is 5.10 Å². The molecular formula is C19H18N4O2S. The number of aromatic hydroxyl groups is 1. The lowest BCUT2D eigenvalue weighted by atomic mass is 10.0. The Labute approximate surface area is 155 Å². The van der Waals surface area contributed by atoms with Crippen LogP contribution in [0.2, 0.25) is 0 Å². The van der Waals surface area contributed by atoms with Gasteiger partial charge in [0.05, 0.1) is 10.9 Å². The normalized spacial score (nSPS) is 14.2. The fraction of sp³-hybridized carbons (Fsp3) is 0.263. The zero-order valence-electron chi connectivity index (χ0n) is 14.3. The van der Waals surface area contributed by atoms with E-state index in [1.807, 2.05) is 19.1 Å². The number of benzene rings is 2. The summed E-state index contributed by atoms with van der Waals surface area (Å²) in [6.07, 6.45) is 3.32. The van der Waals surface area contributed by atoms with Crippen LogP contribution in [-0.2, 0) is 12.8 Å². The number of hydrogen-bond acceptors (Lipinski definition) is 6. The number of thioether (sulfide) groups is 1. The molecule has 7 heteroatoms. The number of aromatic nitrogens is 4. The molecule has 0 unspecified atom stereocenters. The number of nitrogens with zero attached hydrogens (tertiary/aromatic N) is 4. The zero-order valence-corrected chi connectivity index (χ0v) is 15.1. The largest absolute Gasteiger partial charge is 0.508 e. The number of carbonyl (C=O) groups excluding carboxylic acids is 1. The molecule has 0 radical (unpaired) electrons. The number of hydrogen-bond donors (Lipinski definition) is 1. The molecule has 0 bridgehead atoms. The van der Waals surface area contributed by atoms with Crippen molar-refractivity contribution in [3.05, 3.63) is 59.2 Å². The maximum Gasteiger partial charge on any atom is 0.214 e. The van der Waals surface area contributed by atoms with E-state index in [-0.39, 0.29) is 16.8 Å². The number of phenolic OH excluding ortho intramolecular Hbond substituents is 1. The number of fused-ring (bicyclic) bond motifs is 1. The Kier molecular flexibility index (Phi) is 4.46. The van der Waals surface area contributed by atoms with Crippen LogP contribution in [0, 0.1) is 0 Å². The number of aryl methyl sites for hydroxylation is 2. The first-order chi connectivity index (χ1) is 12.6. The molecule has 1 atom stereocenters. The fourth-order valence-electron chi connectivity index (χ4n) is 3.18. The van der Waals surface area contributed by atoms with Gasteiger partial charge < -0.3 is 5.11 Å². The van der Waals surface area contributed by atoms with Crippen LogP contribution in [0.15, 0.2) is 47.6 Å². The Morgan fingerprint density at radius 1 is 1.15 bits per heavy atom. The molecule has 4 rings (SSSR count). The first-order valence-corrected chi connectivity index (χ1v) is 9.40. The summed E-state index contributed by atoms with van der Waals surface area (Å²) in [5.41, 5.74) is 4.13. The van der Waals surface area contributed by atoms with Gasteiger partial charge in [0.1, 0.15) is 5.75 Å². The molecule has 1 aromatic heterocycles. The highest BCUT2D eigenvalue weighted by Gasteiger charge is 2.22. The highest BCUT2D eigenvalue weighted by Crippen LogP contribution is 2.28. The predicted molar refractivity (Wildman–Crippen MR) is 98.9 cm³/mol. The van der Waals surface area contributed by atoms with E-state index in [0.717, 1.165) is 24.1 Å². The SMILES string of the molecule is C[C@H](Sc1nnnn1-c1ccc(O)cc1)C(=O)c1ccc2c(c1)CCC2. The molecule has 0 saturated heterocycles. The Morgan fingerprint density at radius 3 is 2.73 bits per heavy atom. The molecular weight excluding hydrogens is 348 g/mol. The Balaban J connectivity index is 1.53. The molecule has 1 heterocycles. The highest BCUT2D eigenvalue weighted by molar-refractivity contribution is 8.00. The van der Waals surface area contributed by atoms with Crippen LogP contribution in [0.25, 0.3) is 5.69 Å². The summed E-state index contributed by atoms with van der Waals surface area (Å²) in [7, 11) is 0. The molecule has 2 aromatic carbocycles. The average Bonchev–Trinajstić information content (AvgIpc) is 3.30. The number of tetrazole rings is 1. The van der Waals surface area contributed by atoms with Crippen LogP contribution in [0.1, 0.15) is 34.8 Å². The van der Waals surface area contributed by atoms with Gasteiger partial charge in [0.15, 0.2) is 5.78 Å². The lowest BCUT2D eigenvalue weighted by Gasteiger charge is -2.11. The van der Waals surface area contributed by atoms with Crippen LogP contribution in [-0.4, -0.2) is 36.3 Å². The van der Waals surface area contributed by atoms with Crippen molar-refractivity contribution >= 4 is 17.5 Å². The van der Waals surface area contributed by atoms with Gasteiger partial charge in [-0.25, -0.2) is 0 Å². The van der Waals surface area contributed by atoms with Crippen molar-refractivity contribution < 1.29 is 9.90 Å². The second-order valence-corrected chi connectivity index (χ2v) is 7.66. The van der Waals surface area contributed by atoms with E-state index in [1.165, 1.54) is 29.3 Å². The lowest BCUT2D eigenvalue weighted by molar-refractivity contribution is 0.0993. The molecule has 0 fully saturated rings. The summed E-state index contributed by atoms with van der Waals surface area (Å²) in [6, 6.07) is 12.6. The second-order valence-electron chi connectivity index (χ2n) is 6.35. The van der Waals surface area contributed by atoms with Gasteiger partial charge in [0.2, 0.25) is 5.16 Å². The number of phenols is 1. The van der Waals surface area contributed by atoms with Gasteiger partial charge >= 0.3 is 0 Å².